The summed E-state index contributed by atoms with van der Waals surface area (Å²) >= 11 is 0. The second-order valence-electron chi connectivity index (χ2n) is 8.13. The van der Waals surface area contributed by atoms with E-state index in [0.29, 0.717) is 31.2 Å². The second-order valence-corrected chi connectivity index (χ2v) is 8.13. The van der Waals surface area contributed by atoms with Crippen LogP contribution < -0.4 is 28.7 Å². The lowest BCUT2D eigenvalue weighted by atomic mass is 9.92. The number of Topliss-reactive ketones (excluding diaryl/α,β-unsaturated/α-hetero) is 1. The third kappa shape index (κ3) is 8.19. The highest BCUT2D eigenvalue weighted by Crippen LogP contribution is 2.23. The van der Waals surface area contributed by atoms with E-state index < -0.39 is 24.0 Å². The van der Waals surface area contributed by atoms with Gasteiger partial charge in [-0.25, -0.2) is 0 Å². The first-order valence-corrected chi connectivity index (χ1v) is 11.3. The van der Waals surface area contributed by atoms with Crippen LogP contribution in [0.1, 0.15) is 39.1 Å². The Morgan fingerprint density at radius 1 is 0.833 bits per heavy atom. The van der Waals surface area contributed by atoms with E-state index in [2.05, 4.69) is 4.99 Å². The number of fused-ring (bicyclic) bond motifs is 1. The average Bonchev–Trinajstić information content (AvgIpc) is 2.86. The monoisotopic (exact) mass is 492 g/mol. The van der Waals surface area contributed by atoms with Gasteiger partial charge in [-0.2, -0.15) is 0 Å². The molecule has 2 unspecified atom stereocenters. The number of carboxylic acids is 1. The summed E-state index contributed by atoms with van der Waals surface area (Å²) in [6, 6.07) is 18.4. The molecule has 0 saturated heterocycles. The van der Waals surface area contributed by atoms with Crippen molar-refractivity contribution in [2.75, 3.05) is 6.54 Å². The van der Waals surface area contributed by atoms with Gasteiger partial charge in [-0.15, -0.1) is 0 Å². The van der Waals surface area contributed by atoms with Gasteiger partial charge in [-0.05, 0) is 41.7 Å². The molecule has 10 heteroatoms. The molecule has 3 aromatic carbocycles. The summed E-state index contributed by atoms with van der Waals surface area (Å²) in [5.41, 5.74) is 28.7. The Kier molecular flexibility index (Phi) is 10.5. The van der Waals surface area contributed by atoms with E-state index >= 15 is 0 Å². The van der Waals surface area contributed by atoms with Gasteiger partial charge in [0.2, 0.25) is 5.91 Å². The Hall–Kier alpha value is -4.28. The van der Waals surface area contributed by atoms with Crippen molar-refractivity contribution in [2.45, 2.75) is 31.3 Å². The van der Waals surface area contributed by atoms with Crippen LogP contribution in [0.4, 0.5) is 0 Å². The third-order valence-electron chi connectivity index (χ3n) is 5.36. The SMILES string of the molecule is NC(=O)c1c(C(=O)C(N)CCCN=C(N)N)ccc2ccccc12.NC(Cc1ccccc1)C(=O)O. The minimum atomic E-state index is -0.959. The normalized spacial score (nSPS) is 12.1. The number of aliphatic imine (C=N–C) groups is 1. The van der Waals surface area contributed by atoms with E-state index in [1.165, 1.54) is 0 Å². The van der Waals surface area contributed by atoms with Gasteiger partial charge in [0, 0.05) is 12.1 Å². The van der Waals surface area contributed by atoms with Gasteiger partial charge in [0.15, 0.2) is 11.7 Å². The fraction of sp³-hybridized carbons (Fsp3) is 0.231. The quantitative estimate of drug-likeness (QED) is 0.104. The van der Waals surface area contributed by atoms with Crippen molar-refractivity contribution in [3.63, 3.8) is 0 Å². The Morgan fingerprint density at radius 2 is 1.47 bits per heavy atom. The van der Waals surface area contributed by atoms with E-state index in [1.807, 2.05) is 42.5 Å². The first-order valence-electron chi connectivity index (χ1n) is 11.3. The summed E-state index contributed by atoms with van der Waals surface area (Å²) in [7, 11) is 0. The zero-order chi connectivity index (χ0) is 26.7. The number of carbonyl (C=O) groups excluding carboxylic acids is 2. The summed E-state index contributed by atoms with van der Waals surface area (Å²) in [5.74, 6) is -1.93. The zero-order valence-corrected chi connectivity index (χ0v) is 19.8. The molecule has 3 rings (SSSR count). The molecule has 1 amide bonds. The number of guanidine groups is 1. The fourth-order valence-corrected chi connectivity index (χ4v) is 3.55. The highest BCUT2D eigenvalue weighted by Gasteiger charge is 2.22. The van der Waals surface area contributed by atoms with Crippen LogP contribution in [0.5, 0.6) is 0 Å². The lowest BCUT2D eigenvalue weighted by molar-refractivity contribution is -0.138. The van der Waals surface area contributed by atoms with Crippen LogP contribution in [-0.2, 0) is 11.2 Å². The van der Waals surface area contributed by atoms with E-state index in [4.69, 9.17) is 33.8 Å². The number of benzene rings is 3. The Morgan fingerprint density at radius 3 is 2.08 bits per heavy atom. The van der Waals surface area contributed by atoms with Crippen molar-refractivity contribution in [1.82, 2.24) is 0 Å². The Bertz CT molecular complexity index is 1230. The second kappa shape index (κ2) is 13.6. The molecule has 190 valence electrons. The molecular formula is C26H32N6O4. The number of ketones is 1. The molecule has 0 heterocycles. The standard InChI is InChI=1S/C17H21N5O2.C9H11NO2/c18-13(6-3-9-22-17(20)21)15(23)12-8-7-10-4-1-2-5-11(10)14(12)16(19)24;10-8(9(11)12)6-7-4-2-1-3-5-7/h1-2,4-5,7-8,13H,3,6,9,18H2,(H2,19,24)(H4,20,21,22);1-5,8H,6,10H2,(H,11,12). The van der Waals surface area contributed by atoms with Crippen molar-refractivity contribution >= 4 is 34.4 Å². The van der Waals surface area contributed by atoms with Gasteiger partial charge in [0.05, 0.1) is 11.6 Å². The number of hydrogen-bond acceptors (Lipinski definition) is 6. The maximum atomic E-state index is 12.6. The average molecular weight is 493 g/mol. The predicted octanol–water partition coefficient (Wildman–Crippen LogP) is 1.14. The van der Waals surface area contributed by atoms with E-state index in [0.717, 1.165) is 10.9 Å². The van der Waals surface area contributed by atoms with Crippen molar-refractivity contribution in [1.29, 1.82) is 0 Å². The summed E-state index contributed by atoms with van der Waals surface area (Å²) in [5, 5.41) is 10.00. The highest BCUT2D eigenvalue weighted by atomic mass is 16.4. The molecule has 2 atom stereocenters. The number of hydrogen-bond donors (Lipinski definition) is 6. The molecule has 0 fully saturated rings. The fourth-order valence-electron chi connectivity index (χ4n) is 3.55. The lowest BCUT2D eigenvalue weighted by Crippen LogP contribution is -2.32. The van der Waals surface area contributed by atoms with E-state index in [-0.39, 0.29) is 22.9 Å². The molecule has 0 radical (unpaired) electrons. The number of aliphatic carboxylic acids is 1. The van der Waals surface area contributed by atoms with Gasteiger partial charge in [-0.1, -0.05) is 60.7 Å². The van der Waals surface area contributed by atoms with Crippen LogP contribution in [0.3, 0.4) is 0 Å². The van der Waals surface area contributed by atoms with Crippen LogP contribution >= 0.6 is 0 Å². The van der Waals surface area contributed by atoms with Gasteiger partial charge >= 0.3 is 5.97 Å². The van der Waals surface area contributed by atoms with Crippen molar-refractivity contribution < 1.29 is 19.5 Å². The van der Waals surface area contributed by atoms with Gasteiger partial charge < -0.3 is 33.8 Å². The van der Waals surface area contributed by atoms with Crippen LogP contribution in [0, 0.1) is 0 Å². The Labute approximate surface area is 209 Å². The summed E-state index contributed by atoms with van der Waals surface area (Å²) < 4.78 is 0. The number of carboxylic acid groups (broad SMARTS) is 1. The molecule has 0 saturated carbocycles. The molecule has 10 nitrogen and oxygen atoms in total. The zero-order valence-electron chi connectivity index (χ0n) is 19.8. The van der Waals surface area contributed by atoms with Crippen molar-refractivity contribution in [3.8, 4) is 0 Å². The number of amides is 1. The third-order valence-corrected chi connectivity index (χ3v) is 5.36. The lowest BCUT2D eigenvalue weighted by Gasteiger charge is -2.14. The van der Waals surface area contributed by atoms with Crippen LogP contribution in [0.2, 0.25) is 0 Å². The molecule has 0 bridgehead atoms. The Balaban J connectivity index is 0.000000319. The molecule has 0 spiro atoms. The van der Waals surface area contributed by atoms with Gasteiger partial charge in [0.25, 0.3) is 0 Å². The maximum absolute atomic E-state index is 12.6. The maximum Gasteiger partial charge on any atom is 0.320 e. The molecule has 0 aliphatic carbocycles. The smallest absolute Gasteiger partial charge is 0.320 e. The topological polar surface area (TPSA) is 214 Å². The molecule has 0 aromatic heterocycles. The van der Waals surface area contributed by atoms with Crippen LogP contribution in [0.15, 0.2) is 71.7 Å². The number of primary amides is 1. The number of nitrogens with zero attached hydrogens (tertiary/aromatic N) is 1. The minimum absolute atomic E-state index is 0.000409. The largest absolute Gasteiger partial charge is 0.480 e. The molecule has 36 heavy (non-hydrogen) atoms. The first kappa shape index (κ1) is 28.0. The number of carbonyl (C=O) groups is 3. The molecule has 0 aliphatic rings. The highest BCUT2D eigenvalue weighted by molar-refractivity contribution is 6.16. The number of nitrogens with two attached hydrogens (primary N) is 5. The molecule has 3 aromatic rings. The minimum Gasteiger partial charge on any atom is -0.480 e. The van der Waals surface area contributed by atoms with Crippen LogP contribution in [-0.4, -0.2) is 47.4 Å². The van der Waals surface area contributed by atoms with Crippen molar-refractivity contribution in [2.24, 2.45) is 33.7 Å². The van der Waals surface area contributed by atoms with Gasteiger partial charge in [0.1, 0.15) is 6.04 Å². The molecular weight excluding hydrogens is 460 g/mol. The van der Waals surface area contributed by atoms with Crippen molar-refractivity contribution in [3.05, 3.63) is 83.4 Å². The predicted molar refractivity (Wildman–Crippen MR) is 140 cm³/mol. The van der Waals surface area contributed by atoms with Gasteiger partial charge in [-0.3, -0.25) is 19.4 Å². The van der Waals surface area contributed by atoms with E-state index in [9.17, 15) is 14.4 Å². The number of rotatable bonds is 10. The van der Waals surface area contributed by atoms with Crippen LogP contribution in [0.25, 0.3) is 10.8 Å². The molecule has 11 N–H and O–H groups in total. The van der Waals surface area contributed by atoms with E-state index in [1.54, 1.807) is 24.3 Å². The summed E-state index contributed by atoms with van der Waals surface area (Å²) in [6.45, 7) is 0.393. The first-order chi connectivity index (χ1) is 17.1. The summed E-state index contributed by atoms with van der Waals surface area (Å²) in [6.07, 6.45) is 1.35. The molecule has 0 aliphatic heterocycles. The summed E-state index contributed by atoms with van der Waals surface area (Å²) in [4.78, 5) is 38.7.